The van der Waals surface area contributed by atoms with Crippen molar-refractivity contribution in [2.45, 2.75) is 26.0 Å². The number of hydrogen-bond acceptors (Lipinski definition) is 4. The summed E-state index contributed by atoms with van der Waals surface area (Å²) >= 11 is 0. The number of hydroxylamine groups is 1. The first-order chi connectivity index (χ1) is 11.0. The van der Waals surface area contributed by atoms with Gasteiger partial charge in [0.1, 0.15) is 11.3 Å². The van der Waals surface area contributed by atoms with Gasteiger partial charge in [-0.25, -0.2) is 5.48 Å². The van der Waals surface area contributed by atoms with E-state index in [-0.39, 0.29) is 5.91 Å². The van der Waals surface area contributed by atoms with E-state index >= 15 is 0 Å². The molecule has 0 aliphatic rings. The first-order valence-electron chi connectivity index (χ1n) is 7.39. The Bertz CT molecular complexity index is 624. The van der Waals surface area contributed by atoms with Gasteiger partial charge in [-0.1, -0.05) is 30.3 Å². The number of benzene rings is 2. The highest BCUT2D eigenvalue weighted by Crippen LogP contribution is 2.19. The average Bonchev–Trinajstić information content (AvgIpc) is 2.56. The molecule has 0 bridgehead atoms. The maximum absolute atomic E-state index is 12.3. The monoisotopic (exact) mass is 314 g/mol. The van der Waals surface area contributed by atoms with Crippen molar-refractivity contribution < 1.29 is 14.4 Å². The van der Waals surface area contributed by atoms with Gasteiger partial charge in [-0.3, -0.25) is 9.63 Å². The predicted octanol–water partition coefficient (Wildman–Crippen LogP) is 3.13. The minimum absolute atomic E-state index is 0.246. The summed E-state index contributed by atoms with van der Waals surface area (Å²) < 4.78 is 5.11. The molecule has 2 aromatic carbocycles. The molecule has 0 fully saturated rings. The van der Waals surface area contributed by atoms with E-state index in [0.29, 0.717) is 6.61 Å². The van der Waals surface area contributed by atoms with Crippen LogP contribution in [0.5, 0.6) is 5.75 Å². The van der Waals surface area contributed by atoms with Crippen molar-refractivity contribution in [1.29, 1.82) is 0 Å². The Kier molecular flexibility index (Phi) is 5.60. The molecule has 5 nitrogen and oxygen atoms in total. The maximum Gasteiger partial charge on any atom is 0.268 e. The molecule has 0 aliphatic heterocycles. The van der Waals surface area contributed by atoms with Crippen LogP contribution in [0.15, 0.2) is 54.6 Å². The van der Waals surface area contributed by atoms with Gasteiger partial charge in [0.15, 0.2) is 0 Å². The predicted molar refractivity (Wildman–Crippen MR) is 90.1 cm³/mol. The molecule has 2 aromatic rings. The first-order valence-corrected chi connectivity index (χ1v) is 7.39. The number of hydrogen-bond donors (Lipinski definition) is 2. The largest absolute Gasteiger partial charge is 0.497 e. The molecule has 0 unspecified atom stereocenters. The number of carbonyl (C=O) groups is 1. The number of rotatable bonds is 7. The van der Waals surface area contributed by atoms with Gasteiger partial charge in [0.2, 0.25) is 0 Å². The summed E-state index contributed by atoms with van der Waals surface area (Å²) in [6, 6.07) is 17.1. The summed E-state index contributed by atoms with van der Waals surface area (Å²) in [7, 11) is 1.61. The van der Waals surface area contributed by atoms with Crippen LogP contribution in [0.4, 0.5) is 5.69 Å². The zero-order valence-electron chi connectivity index (χ0n) is 13.6. The van der Waals surface area contributed by atoms with E-state index < -0.39 is 5.54 Å². The fraction of sp³-hybridized carbons (Fsp3) is 0.278. The molecule has 0 aromatic heterocycles. The molecule has 0 heterocycles. The smallest absolute Gasteiger partial charge is 0.268 e. The van der Waals surface area contributed by atoms with Gasteiger partial charge in [0.05, 0.1) is 13.7 Å². The fourth-order valence-electron chi connectivity index (χ4n) is 1.98. The summed E-state index contributed by atoms with van der Waals surface area (Å²) in [5, 5.41) is 3.17. The number of carbonyl (C=O) groups excluding carboxylic acids is 1. The van der Waals surface area contributed by atoms with E-state index in [1.54, 1.807) is 21.0 Å². The van der Waals surface area contributed by atoms with Crippen molar-refractivity contribution in [2.24, 2.45) is 0 Å². The first kappa shape index (κ1) is 16.8. The Morgan fingerprint density at radius 3 is 2.30 bits per heavy atom. The maximum atomic E-state index is 12.3. The van der Waals surface area contributed by atoms with Crippen molar-refractivity contribution in [2.75, 3.05) is 12.4 Å². The topological polar surface area (TPSA) is 59.6 Å². The number of nitrogens with one attached hydrogen (secondary N) is 2. The fourth-order valence-corrected chi connectivity index (χ4v) is 1.98. The molecule has 0 radical (unpaired) electrons. The van der Waals surface area contributed by atoms with Gasteiger partial charge in [-0.15, -0.1) is 0 Å². The Hall–Kier alpha value is -2.53. The van der Waals surface area contributed by atoms with Crippen molar-refractivity contribution >= 4 is 11.6 Å². The standard InChI is InChI=1S/C18H22N2O3/c1-18(2,19-15-9-11-16(22-3)12-10-15)17(21)20-23-13-14-7-5-4-6-8-14/h4-12,19H,13H2,1-3H3,(H,20,21). The second kappa shape index (κ2) is 7.65. The molecule has 23 heavy (non-hydrogen) atoms. The Labute approximate surface area is 136 Å². The number of anilines is 1. The zero-order chi connectivity index (χ0) is 16.7. The Morgan fingerprint density at radius 1 is 1.04 bits per heavy atom. The Balaban J connectivity index is 1.86. The van der Waals surface area contributed by atoms with E-state index in [2.05, 4.69) is 10.8 Å². The number of amides is 1. The minimum Gasteiger partial charge on any atom is -0.497 e. The summed E-state index contributed by atoms with van der Waals surface area (Å²) in [5.74, 6) is 0.522. The van der Waals surface area contributed by atoms with Gasteiger partial charge >= 0.3 is 0 Å². The van der Waals surface area contributed by atoms with Crippen molar-refractivity contribution in [3.63, 3.8) is 0 Å². The van der Waals surface area contributed by atoms with Gasteiger partial charge in [0.25, 0.3) is 5.91 Å². The normalized spacial score (nSPS) is 10.9. The lowest BCUT2D eigenvalue weighted by molar-refractivity contribution is -0.138. The molecule has 0 atom stereocenters. The van der Waals surface area contributed by atoms with Crippen LogP contribution in [0.3, 0.4) is 0 Å². The van der Waals surface area contributed by atoms with E-state index in [9.17, 15) is 4.79 Å². The van der Waals surface area contributed by atoms with Crippen LogP contribution in [-0.4, -0.2) is 18.6 Å². The number of ether oxygens (including phenoxy) is 1. The highest BCUT2D eigenvalue weighted by atomic mass is 16.7. The van der Waals surface area contributed by atoms with Crippen LogP contribution in [0.25, 0.3) is 0 Å². The zero-order valence-corrected chi connectivity index (χ0v) is 13.6. The molecule has 0 spiro atoms. The lowest BCUT2D eigenvalue weighted by Gasteiger charge is -2.26. The molecule has 5 heteroatoms. The molecule has 0 saturated carbocycles. The third-order valence-electron chi connectivity index (χ3n) is 3.36. The highest BCUT2D eigenvalue weighted by Gasteiger charge is 2.27. The molecule has 1 amide bonds. The molecule has 2 N–H and O–H groups in total. The van der Waals surface area contributed by atoms with Crippen molar-refractivity contribution in [3.05, 3.63) is 60.2 Å². The van der Waals surface area contributed by atoms with Crippen LogP contribution >= 0.6 is 0 Å². The van der Waals surface area contributed by atoms with Crippen molar-refractivity contribution in [3.8, 4) is 5.75 Å². The second-order valence-corrected chi connectivity index (χ2v) is 5.68. The minimum atomic E-state index is -0.814. The third kappa shape index (κ3) is 5.00. The Morgan fingerprint density at radius 2 is 1.70 bits per heavy atom. The van der Waals surface area contributed by atoms with E-state index in [1.807, 2.05) is 54.6 Å². The quantitative estimate of drug-likeness (QED) is 0.771. The van der Waals surface area contributed by atoms with Gasteiger partial charge < -0.3 is 10.1 Å². The molecule has 0 aliphatic carbocycles. The van der Waals surface area contributed by atoms with Gasteiger partial charge in [-0.2, -0.15) is 0 Å². The van der Waals surface area contributed by atoms with Crippen molar-refractivity contribution in [1.82, 2.24) is 5.48 Å². The molecular weight excluding hydrogens is 292 g/mol. The SMILES string of the molecule is COc1ccc(NC(C)(C)C(=O)NOCc2ccccc2)cc1. The van der Waals surface area contributed by atoms with E-state index in [4.69, 9.17) is 9.57 Å². The van der Waals surface area contributed by atoms with Crippen LogP contribution < -0.4 is 15.5 Å². The van der Waals surface area contributed by atoms with E-state index in [0.717, 1.165) is 17.0 Å². The van der Waals surface area contributed by atoms with Gasteiger partial charge in [-0.05, 0) is 43.7 Å². The van der Waals surface area contributed by atoms with Crippen LogP contribution in [-0.2, 0) is 16.2 Å². The van der Waals surface area contributed by atoms with Crippen LogP contribution in [0.2, 0.25) is 0 Å². The lowest BCUT2D eigenvalue weighted by atomic mass is 10.0. The molecular formula is C18H22N2O3. The van der Waals surface area contributed by atoms with Crippen LogP contribution in [0, 0.1) is 0 Å². The summed E-state index contributed by atoms with van der Waals surface area (Å²) in [6.07, 6.45) is 0. The number of methoxy groups -OCH3 is 1. The summed E-state index contributed by atoms with van der Waals surface area (Å²) in [4.78, 5) is 17.5. The average molecular weight is 314 g/mol. The van der Waals surface area contributed by atoms with E-state index in [1.165, 1.54) is 0 Å². The summed E-state index contributed by atoms with van der Waals surface area (Å²) in [6.45, 7) is 3.90. The third-order valence-corrected chi connectivity index (χ3v) is 3.36. The molecule has 122 valence electrons. The van der Waals surface area contributed by atoms with Gasteiger partial charge in [0, 0.05) is 5.69 Å². The lowest BCUT2D eigenvalue weighted by Crippen LogP contribution is -2.47. The molecule has 0 saturated heterocycles. The summed E-state index contributed by atoms with van der Waals surface area (Å²) in [5.41, 5.74) is 3.50. The molecule has 2 rings (SSSR count). The highest BCUT2D eigenvalue weighted by molar-refractivity contribution is 5.87. The van der Waals surface area contributed by atoms with Crippen LogP contribution in [0.1, 0.15) is 19.4 Å². The second-order valence-electron chi connectivity index (χ2n) is 5.68.